The van der Waals surface area contributed by atoms with Crippen LogP contribution in [0.15, 0.2) is 24.5 Å². The Labute approximate surface area is 91.5 Å². The van der Waals surface area contributed by atoms with E-state index in [4.69, 9.17) is 0 Å². The minimum atomic E-state index is -0.255. The molecule has 2 heteroatoms. The molecule has 2 rings (SSSR count). The SMILES string of the molecule is CCC1CCC(C#N)(n2cccc2)CC1. The summed E-state index contributed by atoms with van der Waals surface area (Å²) in [6.45, 7) is 2.25. The van der Waals surface area contributed by atoms with E-state index < -0.39 is 0 Å². The monoisotopic (exact) mass is 202 g/mol. The third kappa shape index (κ3) is 1.79. The molecular weight excluding hydrogens is 184 g/mol. The Kier molecular flexibility index (Phi) is 2.81. The first-order valence-corrected chi connectivity index (χ1v) is 5.85. The largest absolute Gasteiger partial charge is 0.335 e. The van der Waals surface area contributed by atoms with Crippen LogP contribution in [0.25, 0.3) is 0 Å². The van der Waals surface area contributed by atoms with Crippen LogP contribution in [0.5, 0.6) is 0 Å². The molecule has 1 fully saturated rings. The maximum absolute atomic E-state index is 9.40. The van der Waals surface area contributed by atoms with Crippen molar-refractivity contribution in [2.45, 2.75) is 44.6 Å². The Morgan fingerprint density at radius 1 is 1.33 bits per heavy atom. The molecule has 0 bridgehead atoms. The van der Waals surface area contributed by atoms with Gasteiger partial charge in [-0.3, -0.25) is 0 Å². The average Bonchev–Trinajstić information content (AvgIpc) is 2.83. The van der Waals surface area contributed by atoms with E-state index in [2.05, 4.69) is 17.6 Å². The highest BCUT2D eigenvalue weighted by molar-refractivity contribution is 5.11. The molecule has 0 saturated heterocycles. The lowest BCUT2D eigenvalue weighted by molar-refractivity contribution is 0.209. The zero-order valence-corrected chi connectivity index (χ0v) is 9.32. The highest BCUT2D eigenvalue weighted by Gasteiger charge is 2.35. The molecule has 0 spiro atoms. The van der Waals surface area contributed by atoms with E-state index >= 15 is 0 Å². The zero-order chi connectivity index (χ0) is 10.7. The minimum Gasteiger partial charge on any atom is -0.335 e. The van der Waals surface area contributed by atoms with Crippen LogP contribution in [-0.2, 0) is 5.54 Å². The van der Waals surface area contributed by atoms with Crippen LogP contribution in [0.4, 0.5) is 0 Å². The van der Waals surface area contributed by atoms with Crippen LogP contribution in [0.2, 0.25) is 0 Å². The lowest BCUT2D eigenvalue weighted by atomic mass is 9.76. The van der Waals surface area contributed by atoms with Gasteiger partial charge in [-0.25, -0.2) is 0 Å². The Morgan fingerprint density at radius 2 is 1.93 bits per heavy atom. The maximum atomic E-state index is 9.40. The molecule has 1 aromatic heterocycles. The van der Waals surface area contributed by atoms with Gasteiger partial charge in [-0.15, -0.1) is 0 Å². The number of aromatic nitrogens is 1. The molecule has 0 amide bonds. The topological polar surface area (TPSA) is 28.7 Å². The van der Waals surface area contributed by atoms with E-state index in [-0.39, 0.29) is 5.54 Å². The van der Waals surface area contributed by atoms with Crippen molar-refractivity contribution in [3.05, 3.63) is 24.5 Å². The van der Waals surface area contributed by atoms with Crippen molar-refractivity contribution in [1.29, 1.82) is 5.26 Å². The van der Waals surface area contributed by atoms with Crippen LogP contribution in [0, 0.1) is 17.2 Å². The van der Waals surface area contributed by atoms with Crippen molar-refractivity contribution in [3.63, 3.8) is 0 Å². The van der Waals surface area contributed by atoms with Crippen molar-refractivity contribution >= 4 is 0 Å². The summed E-state index contributed by atoms with van der Waals surface area (Å²) >= 11 is 0. The third-order valence-corrected chi connectivity index (χ3v) is 3.82. The summed E-state index contributed by atoms with van der Waals surface area (Å²) in [6.07, 6.45) is 9.72. The predicted octanol–water partition coefficient (Wildman–Crippen LogP) is 3.31. The summed E-state index contributed by atoms with van der Waals surface area (Å²) < 4.78 is 2.10. The summed E-state index contributed by atoms with van der Waals surface area (Å²) in [6, 6.07) is 6.54. The van der Waals surface area contributed by atoms with Gasteiger partial charge in [-0.1, -0.05) is 13.3 Å². The van der Waals surface area contributed by atoms with E-state index in [0.29, 0.717) is 0 Å². The van der Waals surface area contributed by atoms with E-state index in [1.54, 1.807) is 0 Å². The van der Waals surface area contributed by atoms with Crippen LogP contribution in [-0.4, -0.2) is 4.57 Å². The summed E-state index contributed by atoms with van der Waals surface area (Å²) in [4.78, 5) is 0. The molecule has 0 radical (unpaired) electrons. The smallest absolute Gasteiger partial charge is 0.131 e. The normalized spacial score (nSPS) is 31.1. The standard InChI is InChI=1S/C13H18N2/c1-2-12-5-7-13(11-14,8-6-12)15-9-3-4-10-15/h3-4,9-10,12H,2,5-8H2,1H3. The van der Waals surface area contributed by atoms with Crippen LogP contribution < -0.4 is 0 Å². The Bertz CT molecular complexity index is 337. The Morgan fingerprint density at radius 3 is 2.40 bits per heavy atom. The molecular formula is C13H18N2. The summed E-state index contributed by atoms with van der Waals surface area (Å²) in [7, 11) is 0. The minimum absolute atomic E-state index is 0.255. The van der Waals surface area contributed by atoms with E-state index in [1.165, 1.54) is 19.3 Å². The first kappa shape index (κ1) is 10.3. The van der Waals surface area contributed by atoms with Crippen LogP contribution in [0.1, 0.15) is 39.0 Å². The summed E-state index contributed by atoms with van der Waals surface area (Å²) in [5.74, 6) is 0.835. The number of nitrogens with zero attached hydrogens (tertiary/aromatic N) is 2. The first-order chi connectivity index (χ1) is 7.30. The van der Waals surface area contributed by atoms with Gasteiger partial charge in [0.25, 0.3) is 0 Å². The molecule has 15 heavy (non-hydrogen) atoms. The molecule has 2 nitrogen and oxygen atoms in total. The van der Waals surface area contributed by atoms with Gasteiger partial charge in [-0.2, -0.15) is 5.26 Å². The van der Waals surface area contributed by atoms with Gasteiger partial charge in [0.1, 0.15) is 5.54 Å². The first-order valence-electron chi connectivity index (χ1n) is 5.85. The summed E-state index contributed by atoms with van der Waals surface area (Å²) in [5.41, 5.74) is -0.255. The predicted molar refractivity (Wildman–Crippen MR) is 60.3 cm³/mol. The van der Waals surface area contributed by atoms with Crippen LogP contribution >= 0.6 is 0 Å². The number of rotatable bonds is 2. The molecule has 1 aliphatic carbocycles. The highest BCUT2D eigenvalue weighted by atomic mass is 15.0. The van der Waals surface area contributed by atoms with Gasteiger partial charge in [0.05, 0.1) is 6.07 Å². The van der Waals surface area contributed by atoms with Gasteiger partial charge < -0.3 is 4.57 Å². The lowest BCUT2D eigenvalue weighted by Gasteiger charge is -2.35. The van der Waals surface area contributed by atoms with Gasteiger partial charge in [0.15, 0.2) is 0 Å². The number of hydrogen-bond acceptors (Lipinski definition) is 1. The fourth-order valence-corrected chi connectivity index (χ4v) is 2.61. The van der Waals surface area contributed by atoms with Crippen molar-refractivity contribution in [1.82, 2.24) is 4.57 Å². The fraction of sp³-hybridized carbons (Fsp3) is 0.615. The van der Waals surface area contributed by atoms with Crippen molar-refractivity contribution < 1.29 is 0 Å². The second kappa shape index (κ2) is 4.10. The third-order valence-electron chi connectivity index (χ3n) is 3.82. The molecule has 1 heterocycles. The van der Waals surface area contributed by atoms with Crippen molar-refractivity contribution in [3.8, 4) is 6.07 Å². The number of hydrogen-bond donors (Lipinski definition) is 0. The van der Waals surface area contributed by atoms with Crippen molar-refractivity contribution in [2.75, 3.05) is 0 Å². The molecule has 1 aromatic rings. The Balaban J connectivity index is 2.16. The van der Waals surface area contributed by atoms with E-state index in [0.717, 1.165) is 18.8 Å². The van der Waals surface area contributed by atoms with Gasteiger partial charge in [-0.05, 0) is 43.7 Å². The molecule has 0 N–H and O–H groups in total. The van der Waals surface area contributed by atoms with Crippen LogP contribution in [0.3, 0.4) is 0 Å². The summed E-state index contributed by atoms with van der Waals surface area (Å²) in [5, 5.41) is 9.40. The van der Waals surface area contributed by atoms with Gasteiger partial charge >= 0.3 is 0 Å². The second-order valence-electron chi connectivity index (χ2n) is 4.59. The molecule has 1 saturated carbocycles. The molecule has 80 valence electrons. The lowest BCUT2D eigenvalue weighted by Crippen LogP contribution is -2.35. The zero-order valence-electron chi connectivity index (χ0n) is 9.32. The molecule has 0 unspecified atom stereocenters. The molecule has 0 atom stereocenters. The second-order valence-corrected chi connectivity index (χ2v) is 4.59. The maximum Gasteiger partial charge on any atom is 0.131 e. The molecule has 0 aromatic carbocycles. The fourth-order valence-electron chi connectivity index (χ4n) is 2.61. The van der Waals surface area contributed by atoms with Gasteiger partial charge in [0.2, 0.25) is 0 Å². The average molecular weight is 202 g/mol. The Hall–Kier alpha value is -1.23. The quantitative estimate of drug-likeness (QED) is 0.723. The van der Waals surface area contributed by atoms with Gasteiger partial charge in [0, 0.05) is 12.4 Å². The van der Waals surface area contributed by atoms with E-state index in [9.17, 15) is 5.26 Å². The highest BCUT2D eigenvalue weighted by Crippen LogP contribution is 2.38. The molecule has 0 aliphatic heterocycles. The molecule has 1 aliphatic rings. The van der Waals surface area contributed by atoms with Crippen molar-refractivity contribution in [2.24, 2.45) is 5.92 Å². The number of nitriles is 1. The van der Waals surface area contributed by atoms with E-state index in [1.807, 2.05) is 24.5 Å².